The Labute approximate surface area is 240 Å². The maximum absolute atomic E-state index is 5.19. The van der Waals surface area contributed by atoms with Crippen LogP contribution in [0.1, 0.15) is 0 Å². The number of nitrogens with zero attached hydrogens (tertiary/aromatic N) is 2. The van der Waals surface area contributed by atoms with E-state index in [2.05, 4.69) is 103 Å². The topological polar surface area (TPSA) is 25.8 Å². The van der Waals surface area contributed by atoms with Crippen LogP contribution in [0.25, 0.3) is 86.0 Å². The van der Waals surface area contributed by atoms with Crippen LogP contribution in [0.5, 0.6) is 0 Å². The van der Waals surface area contributed by atoms with E-state index in [0.29, 0.717) is 0 Å². The first-order chi connectivity index (χ1) is 20.3. The van der Waals surface area contributed by atoms with Crippen LogP contribution >= 0.6 is 11.3 Å². The van der Waals surface area contributed by atoms with Gasteiger partial charge in [0.05, 0.1) is 22.4 Å². The van der Waals surface area contributed by atoms with Crippen LogP contribution in [0.15, 0.2) is 133 Å². The molecular formula is C38H22N2S. The van der Waals surface area contributed by atoms with Crippen molar-refractivity contribution >= 4 is 74.9 Å². The molecule has 0 fully saturated rings. The molecule has 0 saturated carbocycles. The molecule has 0 aliphatic rings. The Hall–Kier alpha value is -5.12. The summed E-state index contributed by atoms with van der Waals surface area (Å²) in [6, 6.07) is 47.6. The van der Waals surface area contributed by atoms with Gasteiger partial charge in [0, 0.05) is 31.3 Å². The fraction of sp³-hybridized carbons (Fsp3) is 0. The van der Waals surface area contributed by atoms with Crippen molar-refractivity contribution < 1.29 is 0 Å². The van der Waals surface area contributed by atoms with Gasteiger partial charge in [-0.05, 0) is 62.6 Å². The van der Waals surface area contributed by atoms with Gasteiger partial charge < -0.3 is 0 Å². The Bertz CT molecular complexity index is 2470. The molecule has 190 valence electrons. The van der Waals surface area contributed by atoms with Gasteiger partial charge in [-0.2, -0.15) is 0 Å². The Morgan fingerprint density at radius 2 is 0.951 bits per heavy atom. The number of rotatable bonds is 2. The van der Waals surface area contributed by atoms with E-state index in [-0.39, 0.29) is 0 Å². The molecule has 0 N–H and O–H groups in total. The van der Waals surface area contributed by atoms with Crippen LogP contribution < -0.4 is 0 Å². The molecule has 2 nitrogen and oxygen atoms in total. The van der Waals surface area contributed by atoms with Gasteiger partial charge in [0.25, 0.3) is 0 Å². The van der Waals surface area contributed by atoms with E-state index in [0.717, 1.165) is 33.5 Å². The third kappa shape index (κ3) is 3.36. The minimum absolute atomic E-state index is 0.900. The van der Waals surface area contributed by atoms with Gasteiger partial charge in [-0.25, -0.2) is 9.97 Å². The van der Waals surface area contributed by atoms with Crippen molar-refractivity contribution in [1.29, 1.82) is 0 Å². The molecule has 0 radical (unpaired) electrons. The van der Waals surface area contributed by atoms with E-state index < -0.39 is 0 Å². The molecule has 0 amide bonds. The highest BCUT2D eigenvalue weighted by molar-refractivity contribution is 7.26. The van der Waals surface area contributed by atoms with Gasteiger partial charge in [-0.15, -0.1) is 11.3 Å². The quantitative estimate of drug-likeness (QED) is 0.205. The molecule has 3 heteroatoms. The zero-order valence-corrected chi connectivity index (χ0v) is 22.8. The summed E-state index contributed by atoms with van der Waals surface area (Å²) in [6.07, 6.45) is 0. The van der Waals surface area contributed by atoms with E-state index in [1.165, 1.54) is 52.5 Å². The highest BCUT2D eigenvalue weighted by Crippen LogP contribution is 2.45. The average molecular weight is 539 g/mol. The van der Waals surface area contributed by atoms with Crippen LogP contribution in [0.2, 0.25) is 0 Å². The lowest BCUT2D eigenvalue weighted by Crippen LogP contribution is -1.95. The van der Waals surface area contributed by atoms with Gasteiger partial charge in [-0.1, -0.05) is 103 Å². The normalized spacial score (nSPS) is 11.9. The number of benzene rings is 7. The first-order valence-corrected chi connectivity index (χ1v) is 14.7. The lowest BCUT2D eigenvalue weighted by Gasteiger charge is -2.15. The summed E-state index contributed by atoms with van der Waals surface area (Å²) < 4.78 is 2.65. The largest absolute Gasteiger partial charge is 0.244 e. The summed E-state index contributed by atoms with van der Waals surface area (Å²) in [5.41, 5.74) is 5.74. The smallest absolute Gasteiger partial charge is 0.0973 e. The number of thiophene rings is 1. The minimum atomic E-state index is 0.900. The zero-order chi connectivity index (χ0) is 26.9. The standard InChI is InChI=1S/C38H22N2S/c1-2-10-23(11-3-1)37-38(40-32-16-8-7-15-31(32)39-37)24-18-19-28-30(22-24)26-13-5-4-12-25(26)27-20-21-34-36(35(27)28)29-14-6-9-17-33(29)41-34/h1-22H. The van der Waals surface area contributed by atoms with Crippen LogP contribution in [-0.4, -0.2) is 9.97 Å². The van der Waals surface area contributed by atoms with Crippen molar-refractivity contribution in [1.82, 2.24) is 9.97 Å². The van der Waals surface area contributed by atoms with Crippen molar-refractivity contribution in [3.8, 4) is 22.5 Å². The van der Waals surface area contributed by atoms with Gasteiger partial charge in [0.2, 0.25) is 0 Å². The fourth-order valence-corrected chi connectivity index (χ4v) is 7.52. The molecule has 0 unspecified atom stereocenters. The van der Waals surface area contributed by atoms with Crippen molar-refractivity contribution in [2.24, 2.45) is 0 Å². The van der Waals surface area contributed by atoms with E-state index in [1.807, 2.05) is 41.7 Å². The van der Waals surface area contributed by atoms with Gasteiger partial charge >= 0.3 is 0 Å². The van der Waals surface area contributed by atoms with Crippen molar-refractivity contribution in [3.63, 3.8) is 0 Å². The Balaban J connectivity index is 1.43. The number of hydrogen-bond donors (Lipinski definition) is 0. The first-order valence-electron chi connectivity index (χ1n) is 13.8. The van der Waals surface area contributed by atoms with Crippen LogP contribution in [0.4, 0.5) is 0 Å². The SMILES string of the molecule is c1ccc(-c2nc3ccccc3nc2-c2ccc3c(c2)c2ccccc2c2ccc4sc5ccccc5c4c23)cc1. The molecule has 2 heterocycles. The predicted molar refractivity (Wildman–Crippen MR) is 176 cm³/mol. The van der Waals surface area contributed by atoms with Crippen LogP contribution in [-0.2, 0) is 0 Å². The minimum Gasteiger partial charge on any atom is -0.244 e. The molecule has 9 rings (SSSR count). The summed E-state index contributed by atoms with van der Waals surface area (Å²) in [5.74, 6) is 0. The summed E-state index contributed by atoms with van der Waals surface area (Å²) in [6.45, 7) is 0. The fourth-order valence-electron chi connectivity index (χ4n) is 6.40. The molecule has 0 atom stereocenters. The van der Waals surface area contributed by atoms with E-state index in [4.69, 9.17) is 9.97 Å². The lowest BCUT2D eigenvalue weighted by molar-refractivity contribution is 1.29. The molecule has 0 saturated heterocycles. The van der Waals surface area contributed by atoms with Gasteiger partial charge in [0.15, 0.2) is 0 Å². The van der Waals surface area contributed by atoms with Crippen LogP contribution in [0.3, 0.4) is 0 Å². The van der Waals surface area contributed by atoms with Gasteiger partial charge in [-0.3, -0.25) is 0 Å². The summed E-state index contributed by atoms with van der Waals surface area (Å²) in [4.78, 5) is 10.3. The maximum atomic E-state index is 5.19. The third-order valence-electron chi connectivity index (χ3n) is 8.23. The Morgan fingerprint density at radius 1 is 0.366 bits per heavy atom. The first kappa shape index (κ1) is 22.7. The number of fused-ring (bicyclic) bond motifs is 11. The molecule has 0 aliphatic heterocycles. The summed E-state index contributed by atoms with van der Waals surface area (Å²) in [5, 5.41) is 10.3. The third-order valence-corrected chi connectivity index (χ3v) is 9.37. The molecule has 0 aliphatic carbocycles. The number of para-hydroxylation sites is 2. The monoisotopic (exact) mass is 538 g/mol. The molecule has 0 spiro atoms. The molecule has 0 bridgehead atoms. The second kappa shape index (κ2) is 8.69. The summed E-state index contributed by atoms with van der Waals surface area (Å²) >= 11 is 1.87. The Morgan fingerprint density at radius 3 is 1.73 bits per heavy atom. The van der Waals surface area contributed by atoms with Crippen molar-refractivity contribution in [2.45, 2.75) is 0 Å². The summed E-state index contributed by atoms with van der Waals surface area (Å²) in [7, 11) is 0. The second-order valence-corrected chi connectivity index (χ2v) is 11.6. The highest BCUT2D eigenvalue weighted by Gasteiger charge is 2.18. The van der Waals surface area contributed by atoms with E-state index in [9.17, 15) is 0 Å². The average Bonchev–Trinajstić information content (AvgIpc) is 3.43. The Kier molecular flexibility index (Phi) is 4.80. The second-order valence-electron chi connectivity index (χ2n) is 10.5. The van der Waals surface area contributed by atoms with Crippen molar-refractivity contribution in [2.75, 3.05) is 0 Å². The zero-order valence-electron chi connectivity index (χ0n) is 22.0. The highest BCUT2D eigenvalue weighted by atomic mass is 32.1. The molecule has 2 aromatic heterocycles. The number of aromatic nitrogens is 2. The predicted octanol–water partition coefficient (Wildman–Crippen LogP) is 10.8. The molecule has 41 heavy (non-hydrogen) atoms. The van der Waals surface area contributed by atoms with Crippen molar-refractivity contribution in [3.05, 3.63) is 133 Å². The van der Waals surface area contributed by atoms with Crippen LogP contribution in [0, 0.1) is 0 Å². The molecule has 7 aromatic carbocycles. The van der Waals surface area contributed by atoms with E-state index in [1.54, 1.807) is 0 Å². The molecular weight excluding hydrogens is 516 g/mol. The number of hydrogen-bond acceptors (Lipinski definition) is 3. The maximum Gasteiger partial charge on any atom is 0.0973 e. The van der Waals surface area contributed by atoms with E-state index >= 15 is 0 Å². The van der Waals surface area contributed by atoms with Gasteiger partial charge in [0.1, 0.15) is 0 Å². The molecule has 9 aromatic rings. The lowest BCUT2D eigenvalue weighted by atomic mass is 9.90.